The Kier molecular flexibility index (Phi) is 23.4. The molecule has 20 nitrogen and oxygen atoms in total. The Balaban J connectivity index is 1.11. The van der Waals surface area contributed by atoms with Crippen molar-refractivity contribution in [3.05, 3.63) is 197 Å². The van der Waals surface area contributed by atoms with Gasteiger partial charge in [-0.25, -0.2) is 4.79 Å². The van der Waals surface area contributed by atoms with Gasteiger partial charge in [0.1, 0.15) is 45.2 Å². The molecule has 0 radical (unpaired) electrons. The van der Waals surface area contributed by atoms with Crippen molar-refractivity contribution in [3.8, 4) is 23.0 Å². The van der Waals surface area contributed by atoms with E-state index >= 15 is 0 Å². The van der Waals surface area contributed by atoms with Crippen LogP contribution in [-0.2, 0) is 109 Å². The SMILES string of the molecule is CC(=O)OC[C@H]1O[C@@H](OCCc2ccc(OCc3ccccc3)c(OCc3ccccc3)c2)[C@H](OC(C)=O)[C@@H](O[C@@H]2O[C@@H](C)[C@H](OC(C)=O)[C@@H](OC(C)=O)[C@H]2OC(C)=O)[C@@H]1OC(=O)/C=C/c1ccc(OCc2ccccc2)c(OCc2ccccc2)c1. The molecule has 87 heavy (non-hydrogen) atoms. The van der Waals surface area contributed by atoms with E-state index < -0.39 is 104 Å². The van der Waals surface area contributed by atoms with Crippen LogP contribution >= 0.6 is 0 Å². The molecule has 0 saturated carbocycles. The van der Waals surface area contributed by atoms with Gasteiger partial charge in [0, 0.05) is 40.7 Å². The molecule has 0 amide bonds. The van der Waals surface area contributed by atoms with Crippen LogP contribution in [0.2, 0.25) is 0 Å². The normalized spacial score (nSPS) is 21.5. The average Bonchev–Trinajstić information content (AvgIpc) is 3.72. The van der Waals surface area contributed by atoms with E-state index in [1.165, 1.54) is 13.0 Å². The highest BCUT2D eigenvalue weighted by Crippen LogP contribution is 2.37. The summed E-state index contributed by atoms with van der Waals surface area (Å²) >= 11 is 0. The molecule has 2 aliphatic rings. The summed E-state index contributed by atoms with van der Waals surface area (Å²) in [4.78, 5) is 78.3. The lowest BCUT2D eigenvalue weighted by Crippen LogP contribution is -2.66. The third kappa shape index (κ3) is 19.5. The number of esters is 6. The molecule has 458 valence electrons. The Labute approximate surface area is 504 Å². The predicted molar refractivity (Wildman–Crippen MR) is 311 cm³/mol. The summed E-state index contributed by atoms with van der Waals surface area (Å²) in [5.41, 5.74) is 4.95. The van der Waals surface area contributed by atoms with E-state index in [2.05, 4.69) is 0 Å². The Hall–Kier alpha value is -9.08. The largest absolute Gasteiger partial charge is 0.485 e. The molecule has 0 aromatic heterocycles. The maximum absolute atomic E-state index is 14.4. The molecule has 10 atom stereocenters. The zero-order valence-corrected chi connectivity index (χ0v) is 49.1. The van der Waals surface area contributed by atoms with Crippen molar-refractivity contribution in [2.75, 3.05) is 13.2 Å². The number of rotatable bonds is 27. The zero-order valence-electron chi connectivity index (χ0n) is 49.1. The summed E-state index contributed by atoms with van der Waals surface area (Å²) in [6.07, 6.45) is -12.6. The molecule has 8 rings (SSSR count). The van der Waals surface area contributed by atoms with Crippen LogP contribution in [0.3, 0.4) is 0 Å². The summed E-state index contributed by atoms with van der Waals surface area (Å²) < 4.78 is 85.7. The van der Waals surface area contributed by atoms with Crippen molar-refractivity contribution < 1.29 is 95.1 Å². The lowest BCUT2D eigenvalue weighted by molar-refractivity contribution is -0.359. The van der Waals surface area contributed by atoms with Crippen LogP contribution in [0.4, 0.5) is 0 Å². The van der Waals surface area contributed by atoms with Crippen LogP contribution in [0, 0.1) is 0 Å². The lowest BCUT2D eigenvalue weighted by atomic mass is 9.96. The summed E-state index contributed by atoms with van der Waals surface area (Å²) in [6.45, 7) is 7.40. The number of carbonyl (C=O) groups excluding carboxylic acids is 6. The number of hydrogen-bond acceptors (Lipinski definition) is 20. The number of ether oxygens (including phenoxy) is 14. The van der Waals surface area contributed by atoms with Crippen molar-refractivity contribution in [1.82, 2.24) is 0 Å². The minimum absolute atomic E-state index is 0.107. The quantitative estimate of drug-likeness (QED) is 0.0265. The molecule has 2 aliphatic heterocycles. The molecule has 0 bridgehead atoms. The van der Waals surface area contributed by atoms with E-state index in [0.29, 0.717) is 28.6 Å². The van der Waals surface area contributed by atoms with Crippen molar-refractivity contribution in [3.63, 3.8) is 0 Å². The molecule has 6 aromatic carbocycles. The standard InChI is InChI=1S/C67H70O20/c1-42-60(81-44(3)69)62(82-45(4)70)65(84-47(6)72)67(80-42)87-63-61(86-59(73)32-29-48-27-30-54(76-37-50-19-11-7-12-20-50)56(35-48)78-39-52-23-15-9-16-24-52)58(41-75-43(2)68)85-66(64(63)83-46(5)71)74-34-33-49-28-31-55(77-38-51-21-13-8-14-22-51)57(36-49)79-40-53-25-17-10-18-26-53/h7-32,35-36,42,58,60-67H,33-34,37-41H2,1-6H3/b32-29+/t42-,58+,60-,61+,62+,63-,64+,65+,66+,67-/m0/s1. The van der Waals surface area contributed by atoms with Crippen LogP contribution in [-0.4, -0.2) is 110 Å². The van der Waals surface area contributed by atoms with Gasteiger partial charge in [-0.3, -0.25) is 24.0 Å². The first kappa shape index (κ1) is 63.9. The van der Waals surface area contributed by atoms with Gasteiger partial charge in [-0.2, -0.15) is 0 Å². The molecule has 20 heteroatoms. The maximum Gasteiger partial charge on any atom is 0.331 e. The van der Waals surface area contributed by atoms with Gasteiger partial charge in [-0.1, -0.05) is 133 Å². The topological polar surface area (TPSA) is 232 Å². The second-order valence-corrected chi connectivity index (χ2v) is 20.4. The van der Waals surface area contributed by atoms with E-state index in [1.54, 1.807) is 24.3 Å². The first-order chi connectivity index (χ1) is 42.0. The second-order valence-electron chi connectivity index (χ2n) is 20.4. The van der Waals surface area contributed by atoms with E-state index in [1.807, 2.05) is 133 Å². The van der Waals surface area contributed by atoms with Crippen LogP contribution in [0.1, 0.15) is 74.9 Å². The highest BCUT2D eigenvalue weighted by molar-refractivity contribution is 5.87. The number of hydrogen-bond donors (Lipinski definition) is 0. The second kappa shape index (κ2) is 31.9. The van der Waals surface area contributed by atoms with Crippen LogP contribution < -0.4 is 18.9 Å². The Bertz CT molecular complexity index is 3250. The lowest BCUT2D eigenvalue weighted by Gasteiger charge is -2.48. The minimum Gasteiger partial charge on any atom is -0.485 e. The third-order valence-corrected chi connectivity index (χ3v) is 13.5. The van der Waals surface area contributed by atoms with Crippen LogP contribution in [0.25, 0.3) is 6.08 Å². The highest BCUT2D eigenvalue weighted by atomic mass is 16.8. The van der Waals surface area contributed by atoms with E-state index in [0.717, 1.165) is 68.5 Å². The molecule has 2 saturated heterocycles. The summed E-state index contributed by atoms with van der Waals surface area (Å²) in [7, 11) is 0. The van der Waals surface area contributed by atoms with Crippen LogP contribution in [0.15, 0.2) is 164 Å². The van der Waals surface area contributed by atoms with Gasteiger partial charge >= 0.3 is 35.8 Å². The van der Waals surface area contributed by atoms with Gasteiger partial charge in [-0.05, 0) is 77.1 Å². The van der Waals surface area contributed by atoms with Gasteiger partial charge in [0.15, 0.2) is 66.1 Å². The third-order valence-electron chi connectivity index (χ3n) is 13.5. The van der Waals surface area contributed by atoms with Gasteiger partial charge in [0.25, 0.3) is 0 Å². The Morgan fingerprint density at radius 1 is 0.425 bits per heavy atom. The van der Waals surface area contributed by atoms with Crippen molar-refractivity contribution in [2.24, 2.45) is 0 Å². The smallest absolute Gasteiger partial charge is 0.331 e. The zero-order chi connectivity index (χ0) is 61.7. The van der Waals surface area contributed by atoms with Crippen molar-refractivity contribution in [1.29, 1.82) is 0 Å². The van der Waals surface area contributed by atoms with Crippen LogP contribution in [0.5, 0.6) is 23.0 Å². The van der Waals surface area contributed by atoms with E-state index in [9.17, 15) is 28.8 Å². The fraction of sp³-hybridized carbons (Fsp3) is 0.343. The van der Waals surface area contributed by atoms with E-state index in [4.69, 9.17) is 66.3 Å². The fourth-order valence-electron chi connectivity index (χ4n) is 9.57. The number of carbonyl (C=O) groups is 6. The minimum atomic E-state index is -1.75. The molecule has 0 spiro atoms. The number of benzene rings is 6. The van der Waals surface area contributed by atoms with Gasteiger partial charge < -0.3 is 66.3 Å². The Morgan fingerprint density at radius 3 is 1.37 bits per heavy atom. The van der Waals surface area contributed by atoms with Crippen molar-refractivity contribution in [2.45, 2.75) is 136 Å². The maximum atomic E-state index is 14.4. The molecule has 0 unspecified atom stereocenters. The molecule has 6 aromatic rings. The highest BCUT2D eigenvalue weighted by Gasteiger charge is 2.57. The summed E-state index contributed by atoms with van der Waals surface area (Å²) in [6, 6.07) is 49.0. The molecular formula is C67H70O20. The molecule has 2 fully saturated rings. The van der Waals surface area contributed by atoms with E-state index in [-0.39, 0.29) is 39.5 Å². The molecule has 0 aliphatic carbocycles. The van der Waals surface area contributed by atoms with Crippen molar-refractivity contribution >= 4 is 41.9 Å². The Morgan fingerprint density at radius 2 is 0.874 bits per heavy atom. The van der Waals surface area contributed by atoms with Gasteiger partial charge in [-0.15, -0.1) is 0 Å². The average molecular weight is 1200 g/mol. The molecular weight excluding hydrogens is 1120 g/mol. The monoisotopic (exact) mass is 1190 g/mol. The fourth-order valence-corrected chi connectivity index (χ4v) is 9.57. The molecule has 0 N–H and O–H groups in total. The predicted octanol–water partition coefficient (Wildman–Crippen LogP) is 9.33. The first-order valence-electron chi connectivity index (χ1n) is 28.3. The van der Waals surface area contributed by atoms with Gasteiger partial charge in [0.2, 0.25) is 0 Å². The summed E-state index contributed by atoms with van der Waals surface area (Å²) in [5.74, 6) is -3.29. The summed E-state index contributed by atoms with van der Waals surface area (Å²) in [5, 5.41) is 0. The molecule has 2 heterocycles. The van der Waals surface area contributed by atoms with Gasteiger partial charge in [0.05, 0.1) is 12.7 Å². The first-order valence-corrected chi connectivity index (χ1v) is 28.3.